The Labute approximate surface area is 111 Å². The van der Waals surface area contributed by atoms with Crippen LogP contribution in [0.15, 0.2) is 22.1 Å². The van der Waals surface area contributed by atoms with Crippen molar-refractivity contribution in [3.8, 4) is 10.7 Å². The fraction of sp³-hybridized carbons (Fsp3) is 0.250. The van der Waals surface area contributed by atoms with Crippen molar-refractivity contribution in [3.63, 3.8) is 0 Å². The van der Waals surface area contributed by atoms with Gasteiger partial charge in [0, 0.05) is 12.6 Å². The monoisotopic (exact) mass is 308 g/mol. The molecule has 0 radical (unpaired) electrons. The van der Waals surface area contributed by atoms with Crippen LogP contribution < -0.4 is 0 Å². The Hall–Kier alpha value is -1.07. The highest BCUT2D eigenvalue weighted by Gasteiger charge is 2.19. The van der Waals surface area contributed by atoms with E-state index >= 15 is 0 Å². The number of aryl methyl sites for hydroxylation is 1. The molecule has 0 saturated heterocycles. The zero-order valence-corrected chi connectivity index (χ0v) is 11.3. The van der Waals surface area contributed by atoms with Crippen LogP contribution in [0.1, 0.15) is 28.9 Å². The average Bonchev–Trinajstić information content (AvgIpc) is 2.76. The van der Waals surface area contributed by atoms with Crippen molar-refractivity contribution in [2.75, 3.05) is 0 Å². The molecule has 17 heavy (non-hydrogen) atoms. The highest BCUT2D eigenvalue weighted by atomic mass is 79.9. The van der Waals surface area contributed by atoms with Gasteiger partial charge in [-0.3, -0.25) is 4.79 Å². The topological polar surface area (TPSA) is 42.9 Å². The summed E-state index contributed by atoms with van der Waals surface area (Å²) >= 11 is 5.02. The Balaban J connectivity index is 2.06. The average molecular weight is 309 g/mol. The fourth-order valence-electron chi connectivity index (χ4n) is 1.94. The van der Waals surface area contributed by atoms with E-state index in [1.165, 1.54) is 0 Å². The number of aromatic nitrogens is 2. The Kier molecular flexibility index (Phi) is 2.80. The number of rotatable bonds is 1. The van der Waals surface area contributed by atoms with Gasteiger partial charge in [0.2, 0.25) is 0 Å². The highest BCUT2D eigenvalue weighted by Crippen LogP contribution is 2.30. The Morgan fingerprint density at radius 1 is 1.29 bits per heavy atom. The molecule has 1 aliphatic carbocycles. The first kappa shape index (κ1) is 11.0. The number of thiophene rings is 1. The van der Waals surface area contributed by atoms with Crippen LogP contribution in [0.5, 0.6) is 0 Å². The molecule has 0 fully saturated rings. The third-order valence-electron chi connectivity index (χ3n) is 2.78. The quantitative estimate of drug-likeness (QED) is 0.810. The first-order valence-electron chi connectivity index (χ1n) is 5.39. The van der Waals surface area contributed by atoms with Crippen LogP contribution in [0.2, 0.25) is 0 Å². The van der Waals surface area contributed by atoms with Gasteiger partial charge in [-0.05, 0) is 40.9 Å². The summed E-state index contributed by atoms with van der Waals surface area (Å²) in [6, 6.07) is 3.97. The summed E-state index contributed by atoms with van der Waals surface area (Å²) in [6.07, 6.45) is 4.08. The van der Waals surface area contributed by atoms with Crippen LogP contribution in [-0.2, 0) is 6.42 Å². The number of fused-ring (bicyclic) bond motifs is 1. The number of hydrogen-bond donors (Lipinski definition) is 0. The second kappa shape index (κ2) is 4.31. The molecular weight excluding hydrogens is 300 g/mol. The van der Waals surface area contributed by atoms with E-state index in [0.29, 0.717) is 17.8 Å². The molecule has 2 heterocycles. The van der Waals surface area contributed by atoms with Crippen molar-refractivity contribution in [1.82, 2.24) is 9.97 Å². The number of halogens is 1. The lowest BCUT2D eigenvalue weighted by Gasteiger charge is -2.13. The molecule has 0 aliphatic heterocycles. The minimum atomic E-state index is 0.171. The van der Waals surface area contributed by atoms with E-state index in [-0.39, 0.29) is 5.78 Å². The maximum atomic E-state index is 11.7. The van der Waals surface area contributed by atoms with Gasteiger partial charge in [0.05, 0.1) is 19.9 Å². The molecular formula is C12H9BrN2OS. The molecule has 3 nitrogen and oxygen atoms in total. The van der Waals surface area contributed by atoms with Gasteiger partial charge in [-0.25, -0.2) is 9.97 Å². The highest BCUT2D eigenvalue weighted by molar-refractivity contribution is 9.11. The van der Waals surface area contributed by atoms with Crippen LogP contribution >= 0.6 is 27.3 Å². The van der Waals surface area contributed by atoms with Crippen LogP contribution in [0.4, 0.5) is 0 Å². The van der Waals surface area contributed by atoms with Gasteiger partial charge in [-0.2, -0.15) is 0 Å². The summed E-state index contributed by atoms with van der Waals surface area (Å²) in [5.41, 5.74) is 1.60. The number of hydrogen-bond acceptors (Lipinski definition) is 4. The van der Waals surface area contributed by atoms with Gasteiger partial charge >= 0.3 is 0 Å². The molecule has 1 aliphatic rings. The predicted octanol–water partition coefficient (Wildman–Crippen LogP) is 3.49. The van der Waals surface area contributed by atoms with Gasteiger partial charge in [0.15, 0.2) is 11.6 Å². The number of carbonyl (C=O) groups is 1. The molecule has 0 unspecified atom stereocenters. The van der Waals surface area contributed by atoms with Gasteiger partial charge in [-0.15, -0.1) is 11.3 Å². The smallest absolute Gasteiger partial charge is 0.169 e. The van der Waals surface area contributed by atoms with Crippen LogP contribution in [0.25, 0.3) is 10.7 Å². The molecule has 0 spiro atoms. The number of ketones is 1. The molecule has 0 amide bonds. The molecule has 5 heteroatoms. The van der Waals surface area contributed by atoms with Crippen LogP contribution in [-0.4, -0.2) is 15.8 Å². The standard InChI is InChI=1S/C12H9BrN2OS/c13-11-5-4-10(17-11)12-14-6-7-8(15-12)2-1-3-9(7)16/h4-6H,1-3H2. The first-order valence-corrected chi connectivity index (χ1v) is 7.00. The molecule has 0 N–H and O–H groups in total. The van der Waals surface area contributed by atoms with Crippen molar-refractivity contribution in [1.29, 1.82) is 0 Å². The van der Waals surface area contributed by atoms with E-state index in [0.717, 1.165) is 27.2 Å². The molecule has 0 atom stereocenters. The largest absolute Gasteiger partial charge is 0.294 e. The normalized spacial score (nSPS) is 14.8. The van der Waals surface area contributed by atoms with Crippen LogP contribution in [0, 0.1) is 0 Å². The maximum Gasteiger partial charge on any atom is 0.169 e. The van der Waals surface area contributed by atoms with Crippen molar-refractivity contribution in [3.05, 3.63) is 33.4 Å². The number of Topliss-reactive ketones (excluding diaryl/α,β-unsaturated/α-hetero) is 1. The zero-order chi connectivity index (χ0) is 11.8. The molecule has 0 aromatic carbocycles. The summed E-state index contributed by atoms with van der Waals surface area (Å²) < 4.78 is 1.06. The fourth-order valence-corrected chi connectivity index (χ4v) is 3.27. The molecule has 0 saturated carbocycles. The molecule has 3 rings (SSSR count). The minimum absolute atomic E-state index is 0.171. The zero-order valence-electron chi connectivity index (χ0n) is 8.94. The first-order chi connectivity index (χ1) is 8.24. The molecule has 86 valence electrons. The number of nitrogens with zero attached hydrogens (tertiary/aromatic N) is 2. The van der Waals surface area contributed by atoms with Gasteiger partial charge in [0.1, 0.15) is 0 Å². The van der Waals surface area contributed by atoms with Crippen molar-refractivity contribution >= 4 is 33.0 Å². The minimum Gasteiger partial charge on any atom is -0.294 e. The van der Waals surface area contributed by atoms with Gasteiger partial charge in [0.25, 0.3) is 0 Å². The van der Waals surface area contributed by atoms with E-state index < -0.39 is 0 Å². The lowest BCUT2D eigenvalue weighted by Crippen LogP contribution is -2.13. The summed E-state index contributed by atoms with van der Waals surface area (Å²) in [4.78, 5) is 21.5. The second-order valence-corrected chi connectivity index (χ2v) is 6.40. The maximum absolute atomic E-state index is 11.7. The summed E-state index contributed by atoms with van der Waals surface area (Å²) in [7, 11) is 0. The Morgan fingerprint density at radius 2 is 2.18 bits per heavy atom. The van der Waals surface area contributed by atoms with Crippen molar-refractivity contribution in [2.45, 2.75) is 19.3 Å². The SMILES string of the molecule is O=C1CCCc2nc(-c3ccc(Br)s3)ncc21. The van der Waals surface area contributed by atoms with E-state index in [1.807, 2.05) is 12.1 Å². The molecule has 0 bridgehead atoms. The van der Waals surface area contributed by atoms with Gasteiger partial charge < -0.3 is 0 Å². The molecule has 2 aromatic rings. The third kappa shape index (κ3) is 2.05. The Bertz CT molecular complexity index is 594. The van der Waals surface area contributed by atoms with E-state index in [9.17, 15) is 4.79 Å². The van der Waals surface area contributed by atoms with Crippen molar-refractivity contribution in [2.24, 2.45) is 0 Å². The van der Waals surface area contributed by atoms with Gasteiger partial charge in [-0.1, -0.05) is 0 Å². The third-order valence-corrected chi connectivity index (χ3v) is 4.40. The van der Waals surface area contributed by atoms with E-state index in [1.54, 1.807) is 17.5 Å². The summed E-state index contributed by atoms with van der Waals surface area (Å²) in [6.45, 7) is 0. The number of carbonyl (C=O) groups excluding carboxylic acids is 1. The van der Waals surface area contributed by atoms with Crippen LogP contribution in [0.3, 0.4) is 0 Å². The Morgan fingerprint density at radius 3 is 2.94 bits per heavy atom. The second-order valence-electron chi connectivity index (χ2n) is 3.93. The summed E-state index contributed by atoms with van der Waals surface area (Å²) in [5, 5.41) is 0. The lowest BCUT2D eigenvalue weighted by molar-refractivity contribution is 0.0971. The van der Waals surface area contributed by atoms with E-state index in [2.05, 4.69) is 25.9 Å². The molecule has 2 aromatic heterocycles. The predicted molar refractivity (Wildman–Crippen MR) is 70.3 cm³/mol. The summed E-state index contributed by atoms with van der Waals surface area (Å²) in [5.74, 6) is 0.888. The van der Waals surface area contributed by atoms with E-state index in [4.69, 9.17) is 0 Å². The van der Waals surface area contributed by atoms with Crippen molar-refractivity contribution < 1.29 is 4.79 Å². The lowest BCUT2D eigenvalue weighted by atomic mass is 9.96.